The first-order chi connectivity index (χ1) is 18.2. The summed E-state index contributed by atoms with van der Waals surface area (Å²) < 4.78 is 28.7. The summed E-state index contributed by atoms with van der Waals surface area (Å²) in [5.74, 6) is -2.07. The Bertz CT molecular complexity index is 1660. The third-order valence-corrected chi connectivity index (χ3v) is 8.78. The van der Waals surface area contributed by atoms with Gasteiger partial charge in [-0.3, -0.25) is 19.2 Å². The molecule has 1 atom stereocenters. The molecular formula is C26H17BrClN3O5S2. The van der Waals surface area contributed by atoms with Crippen LogP contribution in [0.15, 0.2) is 99.3 Å². The molecule has 5 rings (SSSR count). The Morgan fingerprint density at radius 3 is 2.26 bits per heavy atom. The van der Waals surface area contributed by atoms with Crippen LogP contribution in [0.1, 0.15) is 17.2 Å². The molecule has 192 valence electrons. The molecule has 3 aromatic carbocycles. The highest BCUT2D eigenvalue weighted by Crippen LogP contribution is 2.42. The molecule has 2 heterocycles. The van der Waals surface area contributed by atoms with Gasteiger partial charge in [0, 0.05) is 32.3 Å². The van der Waals surface area contributed by atoms with Crippen molar-refractivity contribution in [1.82, 2.24) is 4.98 Å². The highest BCUT2D eigenvalue weighted by Gasteiger charge is 2.47. The van der Waals surface area contributed by atoms with Crippen molar-refractivity contribution in [2.75, 3.05) is 9.62 Å². The first-order valence-electron chi connectivity index (χ1n) is 11.0. The SMILES string of the molecule is O=C1C(=O)N(c2ccc(S(=O)(=O)Nc3nccs3)cc2)C(c2ccc(Br)cc2)C1=C(O)c1ccc(Cl)cc1. The van der Waals surface area contributed by atoms with Crippen LogP contribution in [0.4, 0.5) is 10.8 Å². The number of carbonyl (C=O) groups is 2. The molecule has 0 saturated carbocycles. The lowest BCUT2D eigenvalue weighted by molar-refractivity contribution is -0.132. The number of benzene rings is 3. The van der Waals surface area contributed by atoms with Crippen molar-refractivity contribution >= 4 is 77.2 Å². The van der Waals surface area contributed by atoms with E-state index >= 15 is 0 Å². The molecule has 8 nitrogen and oxygen atoms in total. The lowest BCUT2D eigenvalue weighted by Crippen LogP contribution is -2.29. The quantitative estimate of drug-likeness (QED) is 0.154. The van der Waals surface area contributed by atoms with Gasteiger partial charge in [-0.15, -0.1) is 11.3 Å². The van der Waals surface area contributed by atoms with E-state index in [9.17, 15) is 23.1 Å². The van der Waals surface area contributed by atoms with Crippen molar-refractivity contribution in [2.45, 2.75) is 10.9 Å². The van der Waals surface area contributed by atoms with Crippen molar-refractivity contribution in [3.8, 4) is 0 Å². The van der Waals surface area contributed by atoms with Gasteiger partial charge in [-0.05, 0) is 66.2 Å². The molecule has 1 saturated heterocycles. The zero-order valence-corrected chi connectivity index (χ0v) is 23.2. The van der Waals surface area contributed by atoms with Crippen LogP contribution in [0.2, 0.25) is 5.02 Å². The van der Waals surface area contributed by atoms with Gasteiger partial charge in [0.05, 0.1) is 16.5 Å². The lowest BCUT2D eigenvalue weighted by atomic mass is 9.95. The zero-order chi connectivity index (χ0) is 27.0. The average Bonchev–Trinajstić information content (AvgIpc) is 3.50. The number of anilines is 2. The molecule has 1 fully saturated rings. The first-order valence-corrected chi connectivity index (χ1v) is 14.5. The number of hydrogen-bond donors (Lipinski definition) is 2. The van der Waals surface area contributed by atoms with Crippen molar-refractivity contribution in [2.24, 2.45) is 0 Å². The van der Waals surface area contributed by atoms with Crippen molar-refractivity contribution in [1.29, 1.82) is 0 Å². The summed E-state index contributed by atoms with van der Waals surface area (Å²) in [6.07, 6.45) is 1.48. The average molecular weight is 631 g/mol. The molecule has 1 aliphatic heterocycles. The second-order valence-electron chi connectivity index (χ2n) is 8.16. The number of ketones is 1. The normalized spacial score (nSPS) is 17.1. The van der Waals surface area contributed by atoms with Crippen LogP contribution in [-0.4, -0.2) is 30.2 Å². The highest BCUT2D eigenvalue weighted by atomic mass is 79.9. The molecule has 38 heavy (non-hydrogen) atoms. The number of halogens is 2. The summed E-state index contributed by atoms with van der Waals surface area (Å²) in [7, 11) is -3.92. The summed E-state index contributed by atoms with van der Waals surface area (Å²) in [4.78, 5) is 31.7. The van der Waals surface area contributed by atoms with Crippen LogP contribution in [0.5, 0.6) is 0 Å². The maximum absolute atomic E-state index is 13.3. The lowest BCUT2D eigenvalue weighted by Gasteiger charge is -2.25. The van der Waals surface area contributed by atoms with Gasteiger partial charge in [0.1, 0.15) is 5.76 Å². The van der Waals surface area contributed by atoms with Crippen LogP contribution < -0.4 is 9.62 Å². The number of aliphatic hydroxyl groups excluding tert-OH is 1. The van der Waals surface area contributed by atoms with E-state index in [2.05, 4.69) is 25.6 Å². The Morgan fingerprint density at radius 2 is 1.66 bits per heavy atom. The number of thiazole rings is 1. The number of aromatic nitrogens is 1. The minimum atomic E-state index is -3.92. The van der Waals surface area contributed by atoms with Gasteiger partial charge in [0.2, 0.25) is 0 Å². The third-order valence-electron chi connectivity index (χ3n) is 5.83. The molecule has 0 aliphatic carbocycles. The molecule has 1 aromatic heterocycles. The van der Waals surface area contributed by atoms with E-state index in [1.165, 1.54) is 35.4 Å². The number of hydrogen-bond acceptors (Lipinski definition) is 7. The number of amides is 1. The predicted molar refractivity (Wildman–Crippen MR) is 150 cm³/mol. The monoisotopic (exact) mass is 629 g/mol. The number of nitrogens with one attached hydrogen (secondary N) is 1. The fourth-order valence-corrected chi connectivity index (χ4v) is 6.24. The van der Waals surface area contributed by atoms with Gasteiger partial charge in [-0.25, -0.2) is 13.4 Å². The van der Waals surface area contributed by atoms with Gasteiger partial charge < -0.3 is 5.11 Å². The number of rotatable bonds is 6. The molecule has 1 amide bonds. The Morgan fingerprint density at radius 1 is 1.00 bits per heavy atom. The van der Waals surface area contributed by atoms with Gasteiger partial charge in [0.15, 0.2) is 5.13 Å². The molecule has 1 unspecified atom stereocenters. The van der Waals surface area contributed by atoms with E-state index in [0.717, 1.165) is 15.8 Å². The summed E-state index contributed by atoms with van der Waals surface area (Å²) in [5.41, 5.74) is 1.08. The van der Waals surface area contributed by atoms with Gasteiger partial charge in [0.25, 0.3) is 21.7 Å². The number of nitrogens with zero attached hydrogens (tertiary/aromatic N) is 2. The molecule has 0 radical (unpaired) electrons. The summed E-state index contributed by atoms with van der Waals surface area (Å²) in [5, 5.41) is 13.5. The van der Waals surface area contributed by atoms with E-state index in [1.54, 1.807) is 53.9 Å². The standard InChI is InChI=1S/C26H17BrClN3O5S2/c27-17-5-1-15(2-6-17)22-21(23(32)16-3-7-18(28)8-4-16)24(33)25(34)31(22)19-9-11-20(12-10-19)38(35,36)30-26-29-13-14-37-26/h1-14,22,32H,(H,29,30). The topological polar surface area (TPSA) is 117 Å². The Labute approximate surface area is 235 Å². The molecule has 1 aliphatic rings. The smallest absolute Gasteiger partial charge is 0.300 e. The summed E-state index contributed by atoms with van der Waals surface area (Å²) in [6, 6.07) is 17.8. The Hall–Kier alpha value is -3.51. The highest BCUT2D eigenvalue weighted by molar-refractivity contribution is 9.10. The van der Waals surface area contributed by atoms with E-state index < -0.39 is 27.8 Å². The molecule has 0 spiro atoms. The second-order valence-corrected chi connectivity index (χ2v) is 12.1. The predicted octanol–water partition coefficient (Wildman–Crippen LogP) is 5.99. The van der Waals surface area contributed by atoms with Gasteiger partial charge in [-0.2, -0.15) is 0 Å². The number of carbonyl (C=O) groups excluding carboxylic acids is 2. The van der Waals surface area contributed by atoms with E-state index in [-0.39, 0.29) is 27.0 Å². The van der Waals surface area contributed by atoms with Crippen LogP contribution in [0.3, 0.4) is 0 Å². The summed E-state index contributed by atoms with van der Waals surface area (Å²) in [6.45, 7) is 0. The molecule has 4 aromatic rings. The number of aliphatic hydroxyl groups is 1. The largest absolute Gasteiger partial charge is 0.507 e. The van der Waals surface area contributed by atoms with E-state index in [0.29, 0.717) is 16.1 Å². The molecule has 12 heteroatoms. The number of Topliss-reactive ketones (excluding diaryl/α,β-unsaturated/α-hetero) is 1. The fourth-order valence-electron chi connectivity index (χ4n) is 4.06. The van der Waals surface area contributed by atoms with Crippen LogP contribution in [-0.2, 0) is 19.6 Å². The number of sulfonamides is 1. The van der Waals surface area contributed by atoms with Crippen molar-refractivity contribution in [3.05, 3.63) is 111 Å². The van der Waals surface area contributed by atoms with Crippen molar-refractivity contribution < 1.29 is 23.1 Å². The first kappa shape index (κ1) is 26.1. The van der Waals surface area contributed by atoms with Crippen LogP contribution in [0.25, 0.3) is 5.76 Å². The fraction of sp³-hybridized carbons (Fsp3) is 0.0385. The molecule has 0 bridgehead atoms. The van der Waals surface area contributed by atoms with Gasteiger partial charge in [-0.1, -0.05) is 39.7 Å². The van der Waals surface area contributed by atoms with Crippen molar-refractivity contribution in [3.63, 3.8) is 0 Å². The molecular weight excluding hydrogens is 614 g/mol. The minimum absolute atomic E-state index is 0.0469. The Kier molecular flexibility index (Phi) is 7.10. The molecule has 2 N–H and O–H groups in total. The van der Waals surface area contributed by atoms with Gasteiger partial charge >= 0.3 is 0 Å². The van der Waals surface area contributed by atoms with Crippen LogP contribution in [0, 0.1) is 0 Å². The van der Waals surface area contributed by atoms with E-state index in [4.69, 9.17) is 11.6 Å². The zero-order valence-electron chi connectivity index (χ0n) is 19.2. The van der Waals surface area contributed by atoms with Crippen LogP contribution >= 0.6 is 38.9 Å². The second kappa shape index (κ2) is 10.3. The van der Waals surface area contributed by atoms with E-state index in [1.807, 2.05) is 0 Å². The summed E-state index contributed by atoms with van der Waals surface area (Å²) >= 11 is 10.5. The Balaban J connectivity index is 1.59. The maximum atomic E-state index is 13.3. The minimum Gasteiger partial charge on any atom is -0.507 e. The maximum Gasteiger partial charge on any atom is 0.300 e. The third kappa shape index (κ3) is 4.97.